The van der Waals surface area contributed by atoms with Gasteiger partial charge in [-0.3, -0.25) is 9.69 Å². The highest BCUT2D eigenvalue weighted by molar-refractivity contribution is 5.94. The number of methoxy groups -OCH3 is 1. The minimum absolute atomic E-state index is 0.0588. The van der Waals surface area contributed by atoms with Gasteiger partial charge < -0.3 is 14.2 Å². The van der Waals surface area contributed by atoms with E-state index in [0.29, 0.717) is 18.7 Å². The van der Waals surface area contributed by atoms with E-state index in [2.05, 4.69) is 10.1 Å². The molecule has 2 heterocycles. The summed E-state index contributed by atoms with van der Waals surface area (Å²) in [5.74, 6) is 1.68. The lowest BCUT2D eigenvalue weighted by Gasteiger charge is -2.34. The Bertz CT molecular complexity index is 718. The van der Waals surface area contributed by atoms with E-state index in [0.717, 1.165) is 42.4 Å². The van der Waals surface area contributed by atoms with Crippen LogP contribution < -0.4 is 4.74 Å². The van der Waals surface area contributed by atoms with Crippen molar-refractivity contribution in [2.24, 2.45) is 0 Å². The van der Waals surface area contributed by atoms with Gasteiger partial charge in [-0.25, -0.2) is 0 Å². The molecule has 0 spiro atoms. The molecule has 0 radical (unpaired) electrons. The zero-order valence-electron chi connectivity index (χ0n) is 14.4. The van der Waals surface area contributed by atoms with Crippen LogP contribution in [0.4, 0.5) is 0 Å². The fraction of sp³-hybridized carbons (Fsp3) is 0.444. The molecule has 0 saturated carbocycles. The van der Waals surface area contributed by atoms with E-state index in [-0.39, 0.29) is 5.91 Å². The van der Waals surface area contributed by atoms with E-state index in [9.17, 15) is 4.79 Å². The summed E-state index contributed by atoms with van der Waals surface area (Å²) in [4.78, 5) is 16.8. The number of hydrogen-bond acceptors (Lipinski definition) is 5. The van der Waals surface area contributed by atoms with Crippen molar-refractivity contribution in [2.45, 2.75) is 20.4 Å². The first-order valence-electron chi connectivity index (χ1n) is 8.15. The molecular weight excluding hydrogens is 306 g/mol. The number of carbonyl (C=O) groups is 1. The second kappa shape index (κ2) is 7.05. The minimum Gasteiger partial charge on any atom is -0.496 e. The third-order valence-electron chi connectivity index (χ3n) is 4.37. The average Bonchev–Trinajstić information content (AvgIpc) is 3.00. The molecule has 1 saturated heterocycles. The van der Waals surface area contributed by atoms with E-state index in [4.69, 9.17) is 9.26 Å². The second-order valence-corrected chi connectivity index (χ2v) is 6.19. The Morgan fingerprint density at radius 3 is 2.58 bits per heavy atom. The van der Waals surface area contributed by atoms with Crippen molar-refractivity contribution >= 4 is 5.91 Å². The van der Waals surface area contributed by atoms with Crippen molar-refractivity contribution in [3.05, 3.63) is 46.8 Å². The largest absolute Gasteiger partial charge is 0.496 e. The number of amides is 1. The summed E-state index contributed by atoms with van der Waals surface area (Å²) >= 11 is 0. The highest BCUT2D eigenvalue weighted by Crippen LogP contribution is 2.20. The number of hydrogen-bond donors (Lipinski definition) is 0. The van der Waals surface area contributed by atoms with Crippen molar-refractivity contribution in [1.29, 1.82) is 0 Å². The van der Waals surface area contributed by atoms with Crippen molar-refractivity contribution in [1.82, 2.24) is 15.0 Å². The third kappa shape index (κ3) is 3.59. The average molecular weight is 329 g/mol. The topological polar surface area (TPSA) is 58.8 Å². The lowest BCUT2D eigenvalue weighted by molar-refractivity contribution is 0.0617. The number of aryl methyl sites for hydroxylation is 2. The van der Waals surface area contributed by atoms with Crippen LogP contribution in [-0.4, -0.2) is 54.2 Å². The normalized spacial score (nSPS) is 15.5. The summed E-state index contributed by atoms with van der Waals surface area (Å²) in [5.41, 5.74) is 2.60. The molecule has 1 aliphatic rings. The summed E-state index contributed by atoms with van der Waals surface area (Å²) in [6.07, 6.45) is 0. The van der Waals surface area contributed by atoms with Crippen LogP contribution in [0.5, 0.6) is 5.75 Å². The number of carbonyl (C=O) groups excluding carboxylic acids is 1. The molecule has 24 heavy (non-hydrogen) atoms. The van der Waals surface area contributed by atoms with Crippen LogP contribution in [0.15, 0.2) is 28.8 Å². The molecule has 3 rings (SSSR count). The third-order valence-corrected chi connectivity index (χ3v) is 4.37. The molecule has 1 fully saturated rings. The maximum absolute atomic E-state index is 12.7. The van der Waals surface area contributed by atoms with Crippen molar-refractivity contribution in [3.8, 4) is 5.75 Å². The predicted octanol–water partition coefficient (Wildman–Crippen LogP) is 2.26. The number of rotatable bonds is 4. The molecular formula is C18H23N3O3. The van der Waals surface area contributed by atoms with Crippen LogP contribution >= 0.6 is 0 Å². The Morgan fingerprint density at radius 2 is 1.96 bits per heavy atom. The molecule has 1 aromatic heterocycles. The van der Waals surface area contributed by atoms with E-state index in [1.54, 1.807) is 7.11 Å². The summed E-state index contributed by atoms with van der Waals surface area (Å²) in [6.45, 7) is 7.70. The molecule has 0 N–H and O–H groups in total. The highest BCUT2D eigenvalue weighted by atomic mass is 16.5. The lowest BCUT2D eigenvalue weighted by atomic mass is 10.1. The molecule has 0 aliphatic carbocycles. The van der Waals surface area contributed by atoms with Gasteiger partial charge in [0.1, 0.15) is 5.75 Å². The quantitative estimate of drug-likeness (QED) is 0.861. The van der Waals surface area contributed by atoms with Gasteiger partial charge in [-0.05, 0) is 31.5 Å². The van der Waals surface area contributed by atoms with Gasteiger partial charge in [0.25, 0.3) is 5.91 Å². The van der Waals surface area contributed by atoms with Gasteiger partial charge >= 0.3 is 0 Å². The number of aromatic nitrogens is 1. The maximum atomic E-state index is 12.7. The van der Waals surface area contributed by atoms with Gasteiger partial charge in [-0.15, -0.1) is 0 Å². The van der Waals surface area contributed by atoms with Crippen molar-refractivity contribution in [2.75, 3.05) is 33.3 Å². The number of nitrogens with zero attached hydrogens (tertiary/aromatic N) is 3. The molecule has 1 aliphatic heterocycles. The first-order chi connectivity index (χ1) is 11.6. The van der Waals surface area contributed by atoms with Crippen LogP contribution in [0.2, 0.25) is 0 Å². The Kier molecular flexibility index (Phi) is 4.85. The predicted molar refractivity (Wildman–Crippen MR) is 90.2 cm³/mol. The van der Waals surface area contributed by atoms with E-state index in [1.807, 2.05) is 43.0 Å². The molecule has 1 amide bonds. The van der Waals surface area contributed by atoms with Gasteiger partial charge in [-0.1, -0.05) is 11.2 Å². The zero-order chi connectivity index (χ0) is 17.1. The fourth-order valence-electron chi connectivity index (χ4n) is 2.96. The maximum Gasteiger partial charge on any atom is 0.254 e. The van der Waals surface area contributed by atoms with E-state index >= 15 is 0 Å². The van der Waals surface area contributed by atoms with E-state index < -0.39 is 0 Å². The molecule has 6 nitrogen and oxygen atoms in total. The number of piperazine rings is 1. The Labute approximate surface area is 142 Å². The van der Waals surface area contributed by atoms with Gasteiger partial charge in [0.15, 0.2) is 5.76 Å². The Balaban J connectivity index is 1.58. The van der Waals surface area contributed by atoms with Crippen molar-refractivity contribution < 1.29 is 14.1 Å². The van der Waals surface area contributed by atoms with Crippen LogP contribution in [0, 0.1) is 13.8 Å². The molecule has 6 heteroatoms. The first-order valence-corrected chi connectivity index (χ1v) is 8.15. The van der Waals surface area contributed by atoms with Crippen molar-refractivity contribution in [3.63, 3.8) is 0 Å². The molecule has 0 bridgehead atoms. The first kappa shape index (κ1) is 16.5. The molecule has 0 atom stereocenters. The highest BCUT2D eigenvalue weighted by Gasteiger charge is 2.23. The summed E-state index contributed by atoms with van der Waals surface area (Å²) in [5, 5.41) is 3.91. The molecule has 0 unspecified atom stereocenters. The number of benzene rings is 1. The van der Waals surface area contributed by atoms with Crippen LogP contribution in [0.25, 0.3) is 0 Å². The van der Waals surface area contributed by atoms with Gasteiger partial charge in [-0.2, -0.15) is 0 Å². The summed E-state index contributed by atoms with van der Waals surface area (Å²) in [6, 6.07) is 7.57. The Morgan fingerprint density at radius 1 is 1.21 bits per heavy atom. The molecule has 1 aromatic carbocycles. The van der Waals surface area contributed by atoms with Gasteiger partial charge in [0.2, 0.25) is 0 Å². The standard InChI is InChI=1S/C18H23N3O3/c1-13-4-5-15(11-17(13)23-3)18(22)21-8-6-20(7-9-21)12-16-10-14(2)19-24-16/h4-5,10-11H,6-9,12H2,1-3H3. The minimum atomic E-state index is 0.0588. The fourth-order valence-corrected chi connectivity index (χ4v) is 2.96. The van der Waals surface area contributed by atoms with E-state index in [1.165, 1.54) is 0 Å². The monoisotopic (exact) mass is 329 g/mol. The van der Waals surface area contributed by atoms with Crippen LogP contribution in [0.1, 0.15) is 27.4 Å². The zero-order valence-corrected chi connectivity index (χ0v) is 14.4. The summed E-state index contributed by atoms with van der Waals surface area (Å²) in [7, 11) is 1.63. The second-order valence-electron chi connectivity index (χ2n) is 6.19. The van der Waals surface area contributed by atoms with Crippen LogP contribution in [0.3, 0.4) is 0 Å². The number of ether oxygens (including phenoxy) is 1. The van der Waals surface area contributed by atoms with Gasteiger partial charge in [0, 0.05) is 37.8 Å². The lowest BCUT2D eigenvalue weighted by Crippen LogP contribution is -2.48. The van der Waals surface area contributed by atoms with Gasteiger partial charge in [0.05, 0.1) is 19.3 Å². The summed E-state index contributed by atoms with van der Waals surface area (Å²) < 4.78 is 10.6. The molecule has 2 aromatic rings. The Hall–Kier alpha value is -2.34. The molecule has 128 valence electrons. The smallest absolute Gasteiger partial charge is 0.254 e. The van der Waals surface area contributed by atoms with Crippen LogP contribution in [-0.2, 0) is 6.54 Å². The SMILES string of the molecule is COc1cc(C(=O)N2CCN(Cc3cc(C)no3)CC2)ccc1C.